The van der Waals surface area contributed by atoms with E-state index in [2.05, 4.69) is 16.0 Å². The Morgan fingerprint density at radius 3 is 2.41 bits per heavy atom. The summed E-state index contributed by atoms with van der Waals surface area (Å²) in [6.45, 7) is 5.68. The number of carbonyl (C=O) groups is 5. The number of aliphatic hydroxyl groups is 1. The predicted octanol–water partition coefficient (Wildman–Crippen LogP) is 2.04. The van der Waals surface area contributed by atoms with Crippen LogP contribution in [-0.2, 0) is 30.4 Å². The van der Waals surface area contributed by atoms with Gasteiger partial charge >= 0.3 is 0 Å². The predicted molar refractivity (Wildman–Crippen MR) is 173 cm³/mol. The van der Waals surface area contributed by atoms with Gasteiger partial charge in [-0.25, -0.2) is 0 Å². The van der Waals surface area contributed by atoms with Gasteiger partial charge in [-0.15, -0.1) is 0 Å². The Morgan fingerprint density at radius 1 is 0.978 bits per heavy atom. The molecule has 2 saturated heterocycles. The Hall–Kier alpha value is -3.93. The van der Waals surface area contributed by atoms with E-state index in [9.17, 15) is 29.1 Å². The molecule has 4 rings (SSSR count). The lowest BCUT2D eigenvalue weighted by molar-refractivity contribution is -0.147. The van der Waals surface area contributed by atoms with Crippen LogP contribution >= 0.6 is 0 Å². The van der Waals surface area contributed by atoms with Crippen LogP contribution in [-0.4, -0.2) is 88.1 Å². The van der Waals surface area contributed by atoms with Gasteiger partial charge in [0.1, 0.15) is 37.4 Å². The zero-order valence-corrected chi connectivity index (χ0v) is 27.4. The SMILES string of the molecule is CCC(C)[C@@H]1NC(=O)[C@H](Cc2cc3ccccc3n2OC)NC(=O)[C@H](CCCCCC(=O)[C@@H](C)O)NC(=O)[C@H]2CCCCN2C1=O. The van der Waals surface area contributed by atoms with Gasteiger partial charge in [-0.3, -0.25) is 24.0 Å². The first-order chi connectivity index (χ1) is 22.0. The fraction of sp³-hybridized carbons (Fsp3) is 0.618. The maximum absolute atomic E-state index is 14.0. The number of rotatable bonds is 12. The topological polar surface area (TPSA) is 159 Å². The van der Waals surface area contributed by atoms with Gasteiger partial charge in [0, 0.05) is 24.8 Å². The van der Waals surface area contributed by atoms with Crippen LogP contribution in [0.1, 0.15) is 84.3 Å². The molecule has 1 aromatic heterocycles. The van der Waals surface area contributed by atoms with Crippen LogP contribution in [0.25, 0.3) is 10.9 Å². The normalized spacial score (nSPS) is 24.2. The van der Waals surface area contributed by atoms with E-state index in [0.29, 0.717) is 44.3 Å². The maximum Gasteiger partial charge on any atom is 0.246 e. The van der Waals surface area contributed by atoms with E-state index in [1.54, 1.807) is 9.63 Å². The molecule has 0 radical (unpaired) electrons. The van der Waals surface area contributed by atoms with Crippen LogP contribution < -0.4 is 20.8 Å². The molecule has 3 heterocycles. The zero-order valence-electron chi connectivity index (χ0n) is 27.4. The van der Waals surface area contributed by atoms with Gasteiger partial charge in [-0.1, -0.05) is 51.3 Å². The smallest absolute Gasteiger partial charge is 0.246 e. The molecule has 2 aliphatic heterocycles. The summed E-state index contributed by atoms with van der Waals surface area (Å²) in [4.78, 5) is 74.7. The van der Waals surface area contributed by atoms with Crippen molar-refractivity contribution < 1.29 is 33.9 Å². The minimum atomic E-state index is -1.07. The number of ketones is 1. The first kappa shape index (κ1) is 34.9. The number of aliphatic hydroxyl groups excluding tert-OH is 1. The van der Waals surface area contributed by atoms with Crippen molar-refractivity contribution in [2.45, 2.75) is 115 Å². The van der Waals surface area contributed by atoms with Gasteiger partial charge in [-0.2, -0.15) is 4.73 Å². The Bertz CT molecular complexity index is 1410. The number of unbranched alkanes of at least 4 members (excludes halogenated alkanes) is 2. The van der Waals surface area contributed by atoms with Crippen LogP contribution in [0, 0.1) is 5.92 Å². The van der Waals surface area contributed by atoms with Crippen molar-refractivity contribution >= 4 is 40.3 Å². The molecule has 2 fully saturated rings. The number of piperidine rings is 1. The number of carbonyl (C=O) groups excluding carboxylic acids is 5. The van der Waals surface area contributed by atoms with Crippen LogP contribution in [0.5, 0.6) is 0 Å². The number of para-hydroxylation sites is 1. The monoisotopic (exact) mass is 639 g/mol. The fourth-order valence-corrected chi connectivity index (χ4v) is 6.39. The first-order valence-corrected chi connectivity index (χ1v) is 16.6. The summed E-state index contributed by atoms with van der Waals surface area (Å²) < 4.78 is 1.62. The molecule has 6 atom stereocenters. The van der Waals surface area contributed by atoms with E-state index in [0.717, 1.165) is 23.7 Å². The number of hydrogen-bond acceptors (Lipinski definition) is 7. The molecule has 1 unspecified atom stereocenters. The number of aromatic nitrogens is 1. The number of nitrogens with one attached hydrogen (secondary N) is 3. The third kappa shape index (κ3) is 8.26. The van der Waals surface area contributed by atoms with Crippen molar-refractivity contribution in [2.24, 2.45) is 5.92 Å². The molecule has 0 aliphatic carbocycles. The Morgan fingerprint density at radius 2 is 1.70 bits per heavy atom. The highest BCUT2D eigenvalue weighted by molar-refractivity contribution is 5.98. The number of benzene rings is 1. The molecule has 0 saturated carbocycles. The molecular weight excluding hydrogens is 590 g/mol. The summed E-state index contributed by atoms with van der Waals surface area (Å²) in [6.07, 6.45) is 3.87. The molecule has 2 aromatic rings. The van der Waals surface area contributed by atoms with Crippen molar-refractivity contribution in [3.63, 3.8) is 0 Å². The summed E-state index contributed by atoms with van der Waals surface area (Å²) in [5.41, 5.74) is 1.46. The third-order valence-electron chi connectivity index (χ3n) is 9.35. The van der Waals surface area contributed by atoms with Crippen LogP contribution in [0.3, 0.4) is 0 Å². The molecule has 12 nitrogen and oxygen atoms in total. The highest BCUT2D eigenvalue weighted by Gasteiger charge is 2.41. The van der Waals surface area contributed by atoms with Crippen molar-refractivity contribution in [1.82, 2.24) is 25.6 Å². The van der Waals surface area contributed by atoms with Crippen molar-refractivity contribution in [3.05, 3.63) is 36.0 Å². The number of Topliss-reactive ketones (excluding diaryl/α,β-unsaturated/α-hetero) is 1. The van der Waals surface area contributed by atoms with Gasteiger partial charge in [0.25, 0.3) is 0 Å². The molecular formula is C34H49N5O7. The number of amides is 4. The third-order valence-corrected chi connectivity index (χ3v) is 9.35. The molecule has 4 N–H and O–H groups in total. The zero-order chi connectivity index (χ0) is 33.4. The lowest BCUT2D eigenvalue weighted by Crippen LogP contribution is -2.64. The Labute approximate surface area is 270 Å². The average molecular weight is 640 g/mol. The van der Waals surface area contributed by atoms with E-state index < -0.39 is 42.1 Å². The summed E-state index contributed by atoms with van der Waals surface area (Å²) in [5.74, 6) is -2.11. The van der Waals surface area contributed by atoms with Gasteiger partial charge in [-0.05, 0) is 57.1 Å². The molecule has 2 aliphatic rings. The second-order valence-electron chi connectivity index (χ2n) is 12.7. The largest absolute Gasteiger partial charge is 0.417 e. The molecule has 46 heavy (non-hydrogen) atoms. The van der Waals surface area contributed by atoms with Crippen LogP contribution in [0.2, 0.25) is 0 Å². The quantitative estimate of drug-likeness (QED) is 0.259. The first-order valence-electron chi connectivity index (χ1n) is 16.6. The van der Waals surface area contributed by atoms with Gasteiger partial charge in [0.15, 0.2) is 5.78 Å². The van der Waals surface area contributed by atoms with Gasteiger partial charge < -0.3 is 30.8 Å². The molecule has 12 heteroatoms. The highest BCUT2D eigenvalue weighted by atomic mass is 16.6. The summed E-state index contributed by atoms with van der Waals surface area (Å²) in [7, 11) is 1.53. The Balaban J connectivity index is 1.65. The lowest BCUT2D eigenvalue weighted by atomic mass is 9.93. The number of hydrogen-bond donors (Lipinski definition) is 4. The summed E-state index contributed by atoms with van der Waals surface area (Å²) >= 11 is 0. The molecule has 0 bridgehead atoms. The average Bonchev–Trinajstić information content (AvgIpc) is 3.41. The van der Waals surface area contributed by atoms with Gasteiger partial charge in [0.2, 0.25) is 23.6 Å². The van der Waals surface area contributed by atoms with E-state index in [1.165, 1.54) is 14.0 Å². The van der Waals surface area contributed by atoms with E-state index in [4.69, 9.17) is 4.84 Å². The standard InChI is InChI=1S/C34H49N5O7/c1-5-21(2)30-34(45)38-18-12-11-16-28(38)33(44)35-25(14-7-6-8-17-29(41)22(3)40)31(42)36-26(32(43)37-30)20-24-19-23-13-9-10-15-27(23)39(24)46-4/h9-10,13,15,19,21-22,25-26,28,30,40H,5-8,11-12,14,16-18,20H2,1-4H3,(H,35,44)(H,36,42)(H,37,43)/t21?,22-,25+,26+,28-,30+/m1/s1. The van der Waals surface area contributed by atoms with Crippen molar-refractivity contribution in [3.8, 4) is 0 Å². The molecule has 1 aromatic carbocycles. The molecule has 0 spiro atoms. The summed E-state index contributed by atoms with van der Waals surface area (Å²) in [5, 5.41) is 19.1. The summed E-state index contributed by atoms with van der Waals surface area (Å²) in [6, 6.07) is 5.90. The second kappa shape index (κ2) is 16.1. The van der Waals surface area contributed by atoms with Crippen LogP contribution in [0.15, 0.2) is 30.3 Å². The van der Waals surface area contributed by atoms with E-state index in [-0.39, 0.29) is 42.8 Å². The van der Waals surface area contributed by atoms with E-state index >= 15 is 0 Å². The molecule has 252 valence electrons. The Kier molecular flexibility index (Phi) is 12.2. The number of fused-ring (bicyclic) bond motifs is 2. The number of nitrogens with zero attached hydrogens (tertiary/aromatic N) is 2. The lowest BCUT2D eigenvalue weighted by Gasteiger charge is -2.39. The fourth-order valence-electron chi connectivity index (χ4n) is 6.39. The maximum atomic E-state index is 14.0. The van der Waals surface area contributed by atoms with Crippen molar-refractivity contribution in [2.75, 3.05) is 13.7 Å². The minimum Gasteiger partial charge on any atom is -0.417 e. The van der Waals surface area contributed by atoms with E-state index in [1.807, 2.05) is 44.2 Å². The highest BCUT2D eigenvalue weighted by Crippen LogP contribution is 2.24. The van der Waals surface area contributed by atoms with Crippen LogP contribution in [0.4, 0.5) is 0 Å². The minimum absolute atomic E-state index is 0.0793. The second-order valence-corrected chi connectivity index (χ2v) is 12.7. The van der Waals surface area contributed by atoms with Crippen molar-refractivity contribution in [1.29, 1.82) is 0 Å². The molecule has 4 amide bonds. The van der Waals surface area contributed by atoms with Gasteiger partial charge in [0.05, 0.1) is 11.2 Å².